The molecule has 0 saturated carbocycles. The fraction of sp³-hybridized carbons (Fsp3) is 0.353. The van der Waals surface area contributed by atoms with E-state index in [-0.39, 0.29) is 5.82 Å². The van der Waals surface area contributed by atoms with Crippen LogP contribution in [-0.2, 0) is 6.54 Å². The number of hydrogen-bond acceptors (Lipinski definition) is 8. The molecule has 1 aliphatic rings. The van der Waals surface area contributed by atoms with Gasteiger partial charge in [-0.3, -0.25) is 24.2 Å². The van der Waals surface area contributed by atoms with E-state index in [4.69, 9.17) is 4.52 Å². The van der Waals surface area contributed by atoms with Crippen LogP contribution in [0.2, 0.25) is 0 Å². The highest BCUT2D eigenvalue weighted by Crippen LogP contribution is 2.24. The van der Waals surface area contributed by atoms with E-state index in [0.29, 0.717) is 38.4 Å². The fourth-order valence-electron chi connectivity index (χ4n) is 3.28. The summed E-state index contributed by atoms with van der Waals surface area (Å²) in [6.07, 6.45) is 1.48. The zero-order valence-electron chi connectivity index (χ0n) is 14.7. The van der Waals surface area contributed by atoms with Crippen molar-refractivity contribution in [2.24, 2.45) is 0 Å². The molecule has 0 N–H and O–H groups in total. The summed E-state index contributed by atoms with van der Waals surface area (Å²) < 4.78 is 6.44. The highest BCUT2D eigenvalue weighted by atomic mass is 16.6. The van der Waals surface area contributed by atoms with Crippen molar-refractivity contribution in [3.8, 4) is 0 Å². The van der Waals surface area contributed by atoms with Gasteiger partial charge in [0.05, 0.1) is 17.2 Å². The minimum absolute atomic E-state index is 0.131. The lowest BCUT2D eigenvalue weighted by atomic mass is 10.2. The number of aromatic nitrogens is 3. The van der Waals surface area contributed by atoms with E-state index >= 15 is 0 Å². The Hall–Kier alpha value is -3.27. The Labute approximate surface area is 153 Å². The highest BCUT2D eigenvalue weighted by Gasteiger charge is 2.30. The molecule has 0 amide bonds. The predicted octanol–water partition coefficient (Wildman–Crippen LogP) is 1.22. The molecule has 10 heteroatoms. The monoisotopic (exact) mass is 370 g/mol. The van der Waals surface area contributed by atoms with Crippen LogP contribution in [0.25, 0.3) is 5.65 Å². The summed E-state index contributed by atoms with van der Waals surface area (Å²) >= 11 is 0. The number of nitro groups is 1. The Morgan fingerprint density at radius 3 is 2.70 bits per heavy atom. The Morgan fingerprint density at radius 1 is 1.26 bits per heavy atom. The van der Waals surface area contributed by atoms with Crippen LogP contribution in [0.4, 0.5) is 11.5 Å². The Morgan fingerprint density at radius 2 is 2.04 bits per heavy atom. The van der Waals surface area contributed by atoms with Crippen molar-refractivity contribution in [1.82, 2.24) is 19.4 Å². The number of aryl methyl sites for hydroxylation is 1. The summed E-state index contributed by atoms with van der Waals surface area (Å²) in [5.74, 6) is 0.917. The molecule has 1 aliphatic heterocycles. The van der Waals surface area contributed by atoms with Gasteiger partial charge in [-0.15, -0.1) is 0 Å². The van der Waals surface area contributed by atoms with Gasteiger partial charge in [0.15, 0.2) is 5.76 Å². The molecule has 3 aromatic heterocycles. The van der Waals surface area contributed by atoms with Crippen molar-refractivity contribution < 1.29 is 9.45 Å². The molecule has 1 fully saturated rings. The van der Waals surface area contributed by atoms with Crippen molar-refractivity contribution >= 4 is 17.2 Å². The summed E-state index contributed by atoms with van der Waals surface area (Å²) in [4.78, 5) is 31.8. The number of rotatable bonds is 4. The minimum Gasteiger partial charge on any atom is -0.360 e. The summed E-state index contributed by atoms with van der Waals surface area (Å²) in [5.41, 5.74) is 0.0703. The van der Waals surface area contributed by atoms with E-state index in [1.165, 1.54) is 10.6 Å². The van der Waals surface area contributed by atoms with E-state index in [9.17, 15) is 14.9 Å². The molecule has 140 valence electrons. The molecule has 1 saturated heterocycles. The van der Waals surface area contributed by atoms with E-state index in [0.717, 1.165) is 11.5 Å². The van der Waals surface area contributed by atoms with Crippen LogP contribution in [0.15, 0.2) is 39.8 Å². The standard InChI is InChI=1S/C17H18N6O4/c1-12-10-13(27-19-12)11-20-6-8-21(9-7-20)16-15(23(25)26)17(24)22-5-3-2-4-14(22)18-16/h2-5,10H,6-9,11H2,1H3. The topological polar surface area (TPSA) is 110 Å². The second kappa shape index (κ2) is 6.80. The third-order valence-electron chi connectivity index (χ3n) is 4.60. The van der Waals surface area contributed by atoms with E-state index in [1.807, 2.05) is 13.0 Å². The zero-order valence-corrected chi connectivity index (χ0v) is 14.7. The van der Waals surface area contributed by atoms with Gasteiger partial charge in [0.25, 0.3) is 0 Å². The summed E-state index contributed by atoms with van der Waals surface area (Å²) in [6.45, 7) is 4.91. The first-order valence-electron chi connectivity index (χ1n) is 8.58. The van der Waals surface area contributed by atoms with Crippen molar-refractivity contribution in [1.29, 1.82) is 0 Å². The SMILES string of the molecule is Cc1cc(CN2CCN(c3nc4ccccn4c(=O)c3[N+](=O)[O-])CC2)on1. The van der Waals surface area contributed by atoms with Crippen LogP contribution in [-0.4, -0.2) is 50.5 Å². The first-order valence-corrected chi connectivity index (χ1v) is 8.58. The molecule has 0 spiro atoms. The molecule has 0 unspecified atom stereocenters. The van der Waals surface area contributed by atoms with E-state index in [2.05, 4.69) is 15.0 Å². The third kappa shape index (κ3) is 3.26. The zero-order chi connectivity index (χ0) is 19.0. The van der Waals surface area contributed by atoms with Gasteiger partial charge in [-0.2, -0.15) is 0 Å². The summed E-state index contributed by atoms with van der Waals surface area (Å²) in [6, 6.07) is 6.94. The lowest BCUT2D eigenvalue weighted by molar-refractivity contribution is -0.385. The lowest BCUT2D eigenvalue weighted by Crippen LogP contribution is -2.46. The second-order valence-electron chi connectivity index (χ2n) is 6.47. The van der Waals surface area contributed by atoms with E-state index < -0.39 is 16.2 Å². The first-order chi connectivity index (χ1) is 13.0. The van der Waals surface area contributed by atoms with Crippen LogP contribution in [0.3, 0.4) is 0 Å². The van der Waals surface area contributed by atoms with Crippen molar-refractivity contribution in [2.75, 3.05) is 31.1 Å². The Kier molecular flexibility index (Phi) is 4.32. The number of anilines is 1. The van der Waals surface area contributed by atoms with Gasteiger partial charge in [-0.25, -0.2) is 4.98 Å². The van der Waals surface area contributed by atoms with Gasteiger partial charge in [0, 0.05) is 38.4 Å². The van der Waals surface area contributed by atoms with Gasteiger partial charge in [-0.05, 0) is 19.1 Å². The summed E-state index contributed by atoms with van der Waals surface area (Å²) in [5, 5.41) is 15.4. The first kappa shape index (κ1) is 17.2. The molecular weight excluding hydrogens is 352 g/mol. The van der Waals surface area contributed by atoms with Crippen LogP contribution >= 0.6 is 0 Å². The molecule has 0 aliphatic carbocycles. The van der Waals surface area contributed by atoms with Gasteiger partial charge >= 0.3 is 11.2 Å². The number of piperazine rings is 1. The quantitative estimate of drug-likeness (QED) is 0.498. The molecule has 0 radical (unpaired) electrons. The number of nitrogens with zero attached hydrogens (tertiary/aromatic N) is 6. The van der Waals surface area contributed by atoms with Gasteiger partial charge in [0.2, 0.25) is 5.82 Å². The molecule has 0 aromatic carbocycles. The van der Waals surface area contributed by atoms with E-state index in [1.54, 1.807) is 23.1 Å². The predicted molar refractivity (Wildman–Crippen MR) is 96.8 cm³/mol. The maximum atomic E-state index is 12.6. The van der Waals surface area contributed by atoms with Crippen molar-refractivity contribution in [2.45, 2.75) is 13.5 Å². The molecule has 0 atom stereocenters. The second-order valence-corrected chi connectivity index (χ2v) is 6.47. The van der Waals surface area contributed by atoms with Crippen LogP contribution in [0.1, 0.15) is 11.5 Å². The van der Waals surface area contributed by atoms with Crippen LogP contribution in [0, 0.1) is 17.0 Å². The maximum Gasteiger partial charge on any atom is 0.376 e. The van der Waals surface area contributed by atoms with Gasteiger partial charge in [-0.1, -0.05) is 11.2 Å². The van der Waals surface area contributed by atoms with Crippen molar-refractivity contribution in [3.05, 3.63) is 62.4 Å². The normalized spacial score (nSPS) is 15.4. The maximum absolute atomic E-state index is 12.6. The molecular formula is C17H18N6O4. The smallest absolute Gasteiger partial charge is 0.360 e. The van der Waals surface area contributed by atoms with Gasteiger partial charge < -0.3 is 9.42 Å². The molecule has 4 rings (SSSR count). The van der Waals surface area contributed by atoms with Gasteiger partial charge in [0.1, 0.15) is 5.65 Å². The molecule has 0 bridgehead atoms. The average molecular weight is 370 g/mol. The Balaban J connectivity index is 1.59. The fourth-order valence-corrected chi connectivity index (χ4v) is 3.28. The lowest BCUT2D eigenvalue weighted by Gasteiger charge is -2.34. The minimum atomic E-state index is -0.667. The number of pyridine rings is 1. The molecule has 3 aromatic rings. The molecule has 10 nitrogen and oxygen atoms in total. The number of fused-ring (bicyclic) bond motifs is 1. The van der Waals surface area contributed by atoms with Crippen LogP contribution in [0.5, 0.6) is 0 Å². The number of hydrogen-bond donors (Lipinski definition) is 0. The molecule has 4 heterocycles. The third-order valence-corrected chi connectivity index (χ3v) is 4.60. The summed E-state index contributed by atoms with van der Waals surface area (Å²) in [7, 11) is 0. The highest BCUT2D eigenvalue weighted by molar-refractivity contribution is 5.61. The molecule has 27 heavy (non-hydrogen) atoms. The largest absolute Gasteiger partial charge is 0.376 e. The van der Waals surface area contributed by atoms with Crippen molar-refractivity contribution in [3.63, 3.8) is 0 Å². The van der Waals surface area contributed by atoms with Crippen LogP contribution < -0.4 is 10.5 Å². The Bertz CT molecular complexity index is 1050. The average Bonchev–Trinajstić information content (AvgIpc) is 3.06.